The van der Waals surface area contributed by atoms with Crippen LogP contribution in [0.4, 0.5) is 0 Å². The molecule has 1 unspecified atom stereocenters. The summed E-state index contributed by atoms with van der Waals surface area (Å²) in [4.78, 5) is 0. The van der Waals surface area contributed by atoms with Crippen molar-refractivity contribution in [1.29, 1.82) is 0 Å². The van der Waals surface area contributed by atoms with Crippen LogP contribution in [-0.2, 0) is 19.5 Å². The molecule has 0 aromatic heterocycles. The van der Waals surface area contributed by atoms with Crippen LogP contribution in [0.1, 0.15) is 0 Å². The monoisotopic (exact) mass is 288 g/mol. The standard InChI is InChI=1S/Ga.In.H3P.Zn.6H/h;;1H3;;;;;;;. The van der Waals surface area contributed by atoms with Crippen molar-refractivity contribution in [3.63, 3.8) is 0 Å². The molecule has 0 amide bonds. The molecule has 0 aliphatic heterocycles. The third-order valence-corrected chi connectivity index (χ3v) is 0. The molecule has 4 heavy (non-hydrogen) atoms. The first-order chi connectivity index (χ1) is 0. The van der Waals surface area contributed by atoms with E-state index < -0.39 is 0 Å². The number of hydrogen-bond donors (Lipinski definition) is 0. The van der Waals surface area contributed by atoms with Crippen LogP contribution in [0.15, 0.2) is 0 Å². The SMILES string of the molecule is P.[GaH3].[InH3].[Zn]. The molecule has 0 spiro atoms. The fourth-order valence-electron chi connectivity index (χ4n) is 0. The minimum Gasteiger partial charge on any atom is 0 e. The Kier molecular flexibility index (Phi) is 136. The van der Waals surface area contributed by atoms with E-state index in [0.29, 0.717) is 0 Å². The Morgan fingerprint density at radius 3 is 1.00 bits per heavy atom. The van der Waals surface area contributed by atoms with E-state index in [4.69, 9.17) is 0 Å². The fourth-order valence-corrected chi connectivity index (χ4v) is 0. The molecule has 0 aromatic rings. The number of rotatable bonds is 0. The van der Waals surface area contributed by atoms with E-state index in [9.17, 15) is 0 Å². The van der Waals surface area contributed by atoms with Gasteiger partial charge in [0.15, 0.2) is 0 Å². The molecule has 0 bridgehead atoms. The minimum atomic E-state index is 0. The van der Waals surface area contributed by atoms with Gasteiger partial charge in [-0.25, -0.2) is 0 Å². The maximum Gasteiger partial charge on any atom is 0 e. The second-order valence-electron chi connectivity index (χ2n) is 0. The summed E-state index contributed by atoms with van der Waals surface area (Å²) in [7, 11) is 0. The first kappa shape index (κ1) is 30.9. The predicted molar refractivity (Wildman–Crippen MR) is 31.0 cm³/mol. The summed E-state index contributed by atoms with van der Waals surface area (Å²) in [5, 5.41) is 0. The molecule has 0 nitrogen and oxygen atoms in total. The topological polar surface area (TPSA) is 0 Å². The van der Waals surface area contributed by atoms with Gasteiger partial charge in [-0.15, -0.1) is 0 Å². The van der Waals surface area contributed by atoms with Crippen molar-refractivity contribution in [2.45, 2.75) is 0 Å². The van der Waals surface area contributed by atoms with Gasteiger partial charge < -0.3 is 0 Å². The van der Waals surface area contributed by atoms with Crippen LogP contribution in [0.2, 0.25) is 0 Å². The minimum absolute atomic E-state index is 0. The van der Waals surface area contributed by atoms with E-state index in [1.807, 2.05) is 0 Å². The average molecular weight is 290 g/mol. The molecule has 4 heteroatoms. The Labute approximate surface area is 74.1 Å². The Morgan fingerprint density at radius 1 is 1.00 bits per heavy atom. The molecule has 0 saturated carbocycles. The van der Waals surface area contributed by atoms with Gasteiger partial charge in [0.1, 0.15) is 0 Å². The first-order valence-electron chi connectivity index (χ1n) is 0. The largest absolute Gasteiger partial charge is 0 e. The van der Waals surface area contributed by atoms with Gasteiger partial charge in [0.05, 0.1) is 0 Å². The summed E-state index contributed by atoms with van der Waals surface area (Å²) in [5.74, 6) is 0. The maximum atomic E-state index is 0. The second kappa shape index (κ2) is 17.6. The van der Waals surface area contributed by atoms with Crippen molar-refractivity contribution in [1.82, 2.24) is 0 Å². The fraction of sp³-hybridized carbons (Fsp3) is 0. The molecular formula is H9GaInPZn. The first-order valence-corrected chi connectivity index (χ1v) is 0. The Hall–Kier alpha value is 2.56. The maximum absolute atomic E-state index is 0. The molecule has 22 valence electrons. The predicted octanol–water partition coefficient (Wildman–Crippen LogP) is -2.31. The molecule has 0 heterocycles. The van der Waals surface area contributed by atoms with E-state index in [-0.39, 0.29) is 75.0 Å². The van der Waals surface area contributed by atoms with Gasteiger partial charge in [0.2, 0.25) is 0 Å². The van der Waals surface area contributed by atoms with Crippen molar-refractivity contribution >= 4 is 55.5 Å². The molecule has 0 rings (SSSR count). The summed E-state index contributed by atoms with van der Waals surface area (Å²) in [6, 6.07) is 0. The van der Waals surface area contributed by atoms with Crippen LogP contribution in [0.25, 0.3) is 0 Å². The molecule has 0 fully saturated rings. The van der Waals surface area contributed by atoms with Crippen molar-refractivity contribution in [2.24, 2.45) is 0 Å². The average Bonchev–Trinajstić information content (AvgIpc) is 0. The quantitative estimate of drug-likeness (QED) is 0.347. The van der Waals surface area contributed by atoms with Crippen molar-refractivity contribution < 1.29 is 19.5 Å². The summed E-state index contributed by atoms with van der Waals surface area (Å²) in [6.45, 7) is 0. The van der Waals surface area contributed by atoms with E-state index in [1.54, 1.807) is 0 Å². The zero-order valence-electron chi connectivity index (χ0n) is 1.41. The molecular weight excluding hydrogens is 281 g/mol. The van der Waals surface area contributed by atoms with Crippen LogP contribution in [0.3, 0.4) is 0 Å². The summed E-state index contributed by atoms with van der Waals surface area (Å²) in [5.41, 5.74) is 0. The molecule has 1 atom stereocenters. The van der Waals surface area contributed by atoms with Gasteiger partial charge in [-0.2, -0.15) is 9.90 Å². The van der Waals surface area contributed by atoms with Crippen molar-refractivity contribution in [3.05, 3.63) is 0 Å². The summed E-state index contributed by atoms with van der Waals surface area (Å²) in [6.07, 6.45) is 0. The molecule has 0 N–H and O–H groups in total. The van der Waals surface area contributed by atoms with Crippen LogP contribution in [0.5, 0.6) is 0 Å². The third kappa shape index (κ3) is 8.82. The molecule has 0 aromatic carbocycles. The van der Waals surface area contributed by atoms with E-state index in [1.165, 1.54) is 0 Å². The Bertz CT molecular complexity index is 8.00. The van der Waals surface area contributed by atoms with Gasteiger partial charge >= 0.3 is 45.6 Å². The van der Waals surface area contributed by atoms with Crippen LogP contribution in [-0.4, -0.2) is 45.6 Å². The normalized spacial score (nSPS) is 0. The Balaban J connectivity index is 0. The summed E-state index contributed by atoms with van der Waals surface area (Å²) < 4.78 is 0. The molecule has 0 saturated heterocycles. The van der Waals surface area contributed by atoms with Gasteiger partial charge in [-0.05, 0) is 0 Å². The molecule has 0 radical (unpaired) electrons. The molecule has 0 aliphatic carbocycles. The summed E-state index contributed by atoms with van der Waals surface area (Å²) >= 11 is 0. The number of hydrogen-bond acceptors (Lipinski definition) is 0. The van der Waals surface area contributed by atoms with E-state index >= 15 is 0 Å². The van der Waals surface area contributed by atoms with Gasteiger partial charge in [-0.3, -0.25) is 0 Å². The zero-order valence-corrected chi connectivity index (χ0v) is 5.80. The van der Waals surface area contributed by atoms with Gasteiger partial charge in [0.25, 0.3) is 0 Å². The molecule has 0 aliphatic rings. The van der Waals surface area contributed by atoms with Crippen molar-refractivity contribution in [3.8, 4) is 0 Å². The smallest absolute Gasteiger partial charge is 0 e. The third-order valence-electron chi connectivity index (χ3n) is 0. The van der Waals surface area contributed by atoms with Crippen LogP contribution >= 0.6 is 9.90 Å². The van der Waals surface area contributed by atoms with Gasteiger partial charge in [0, 0.05) is 19.5 Å². The second-order valence-corrected chi connectivity index (χ2v) is 0. The van der Waals surface area contributed by atoms with E-state index in [0.717, 1.165) is 0 Å². The van der Waals surface area contributed by atoms with Gasteiger partial charge in [-0.1, -0.05) is 0 Å². The Morgan fingerprint density at radius 2 is 1.00 bits per heavy atom. The van der Waals surface area contributed by atoms with Crippen LogP contribution in [0, 0.1) is 0 Å². The zero-order chi connectivity index (χ0) is 0. The van der Waals surface area contributed by atoms with Crippen LogP contribution < -0.4 is 0 Å². The van der Waals surface area contributed by atoms with E-state index in [2.05, 4.69) is 0 Å². The van der Waals surface area contributed by atoms with Crippen molar-refractivity contribution in [2.75, 3.05) is 0 Å².